The van der Waals surface area contributed by atoms with Crippen LogP contribution in [0.2, 0.25) is 0 Å². The van der Waals surface area contributed by atoms with Crippen molar-refractivity contribution in [3.05, 3.63) is 0 Å². The number of carbonyl (C=O) groups is 4. The van der Waals surface area contributed by atoms with E-state index in [1.807, 2.05) is 51.3 Å². The number of ether oxygens (including phenoxy) is 2. The van der Waals surface area contributed by atoms with Gasteiger partial charge in [0.25, 0.3) is 0 Å². The number of hydrogen-bond donors (Lipinski definition) is 2. The minimum absolute atomic E-state index is 0.0539. The van der Waals surface area contributed by atoms with E-state index in [0.29, 0.717) is 77.3 Å². The van der Waals surface area contributed by atoms with Gasteiger partial charge in [0.05, 0.1) is 26.2 Å². The molecule has 2 amide bonds. The first-order chi connectivity index (χ1) is 20.3. The van der Waals surface area contributed by atoms with E-state index in [2.05, 4.69) is 48.1 Å². The lowest BCUT2D eigenvalue weighted by molar-refractivity contribution is -0.157. The molecule has 1 aliphatic heterocycles. The van der Waals surface area contributed by atoms with Gasteiger partial charge in [-0.15, -0.1) is 0 Å². The summed E-state index contributed by atoms with van der Waals surface area (Å²) in [7, 11) is 0. The van der Waals surface area contributed by atoms with Crippen molar-refractivity contribution in [1.82, 2.24) is 30.2 Å². The van der Waals surface area contributed by atoms with E-state index < -0.39 is 11.2 Å². The Balaban J connectivity index is 3.17. The molecule has 1 saturated heterocycles. The van der Waals surface area contributed by atoms with Crippen molar-refractivity contribution in [3.63, 3.8) is 0 Å². The van der Waals surface area contributed by atoms with E-state index in [4.69, 9.17) is 9.47 Å². The summed E-state index contributed by atoms with van der Waals surface area (Å²) in [5.41, 5.74) is -1.19. The average molecular weight is 627 g/mol. The molecule has 0 bridgehead atoms. The highest BCUT2D eigenvalue weighted by molar-refractivity contribution is 5.78. The predicted octanol–water partition coefficient (Wildman–Crippen LogP) is 1.44. The monoisotopic (exact) mass is 626 g/mol. The van der Waals surface area contributed by atoms with Crippen molar-refractivity contribution in [3.8, 4) is 0 Å². The SMILES string of the molecule is CC(C)CNC(=O)CN1CCN(CC(=O)OC(C)(C)C)CCN(CC(=O)NCC(C)C)CCN(CC(=O)OC(C)(C)C)CC1. The second-order valence-corrected chi connectivity index (χ2v) is 14.7. The third kappa shape index (κ3) is 20.6. The number of amides is 2. The number of hydrogen-bond acceptors (Lipinski definition) is 10. The van der Waals surface area contributed by atoms with E-state index in [1.54, 1.807) is 0 Å². The van der Waals surface area contributed by atoms with Crippen LogP contribution in [0.15, 0.2) is 0 Å². The fraction of sp³-hybridized carbons (Fsp3) is 0.875. The molecule has 0 radical (unpaired) electrons. The van der Waals surface area contributed by atoms with Gasteiger partial charge in [-0.05, 0) is 53.4 Å². The number of nitrogens with zero attached hydrogens (tertiary/aromatic N) is 4. The molecule has 1 fully saturated rings. The fourth-order valence-corrected chi connectivity index (χ4v) is 4.48. The Morgan fingerprint density at radius 2 is 0.773 bits per heavy atom. The zero-order chi connectivity index (χ0) is 33.5. The predicted molar refractivity (Wildman–Crippen MR) is 173 cm³/mol. The molecule has 1 rings (SSSR count). The summed E-state index contributed by atoms with van der Waals surface area (Å²) >= 11 is 0. The molecule has 0 aliphatic carbocycles. The first kappa shape index (κ1) is 39.7. The summed E-state index contributed by atoms with van der Waals surface area (Å²) in [4.78, 5) is 59.4. The van der Waals surface area contributed by atoms with Crippen LogP contribution in [0.25, 0.3) is 0 Å². The first-order valence-corrected chi connectivity index (χ1v) is 16.2. The summed E-state index contributed by atoms with van der Waals surface area (Å²) in [5.74, 6) is -0.0432. The van der Waals surface area contributed by atoms with Gasteiger partial charge in [-0.1, -0.05) is 27.7 Å². The van der Waals surface area contributed by atoms with Crippen LogP contribution < -0.4 is 10.6 Å². The number of nitrogens with one attached hydrogen (secondary N) is 2. The van der Waals surface area contributed by atoms with E-state index in [1.165, 1.54) is 0 Å². The quantitative estimate of drug-likeness (QED) is 0.308. The second-order valence-electron chi connectivity index (χ2n) is 14.7. The van der Waals surface area contributed by atoms with Crippen LogP contribution in [0, 0.1) is 11.8 Å². The molecule has 12 heteroatoms. The van der Waals surface area contributed by atoms with Crippen LogP contribution in [-0.2, 0) is 28.7 Å². The van der Waals surface area contributed by atoms with Gasteiger partial charge in [-0.2, -0.15) is 0 Å². The number of esters is 2. The molecule has 44 heavy (non-hydrogen) atoms. The number of rotatable bonds is 12. The summed E-state index contributed by atoms with van der Waals surface area (Å²) in [5, 5.41) is 5.99. The topological polar surface area (TPSA) is 124 Å². The molecule has 0 unspecified atom stereocenters. The maximum absolute atomic E-state index is 12.8. The van der Waals surface area contributed by atoms with Crippen molar-refractivity contribution in [1.29, 1.82) is 0 Å². The summed E-state index contributed by atoms with van der Waals surface area (Å²) in [6.45, 7) is 25.5. The van der Waals surface area contributed by atoms with Crippen molar-refractivity contribution in [2.75, 3.05) is 91.6 Å². The Labute approximate surface area is 266 Å². The molecule has 1 aliphatic rings. The Bertz CT molecular complexity index is 811. The molecule has 1 heterocycles. The highest BCUT2D eigenvalue weighted by Crippen LogP contribution is 2.10. The minimum atomic E-state index is -0.595. The number of carbonyl (C=O) groups excluding carboxylic acids is 4. The van der Waals surface area contributed by atoms with Crippen LogP contribution in [0.1, 0.15) is 69.2 Å². The minimum Gasteiger partial charge on any atom is -0.459 e. The van der Waals surface area contributed by atoms with Gasteiger partial charge in [0.2, 0.25) is 11.8 Å². The maximum atomic E-state index is 12.8. The smallest absolute Gasteiger partial charge is 0.320 e. The Kier molecular flexibility index (Phi) is 17.4. The lowest BCUT2D eigenvalue weighted by atomic mass is 10.2. The summed E-state index contributed by atoms with van der Waals surface area (Å²) in [6, 6.07) is 0. The van der Waals surface area contributed by atoms with Crippen LogP contribution in [0.3, 0.4) is 0 Å². The Morgan fingerprint density at radius 1 is 0.523 bits per heavy atom. The summed E-state index contributed by atoms with van der Waals surface area (Å²) in [6.07, 6.45) is 0. The molecule has 12 nitrogen and oxygen atoms in total. The van der Waals surface area contributed by atoms with Crippen molar-refractivity contribution in [2.45, 2.75) is 80.4 Å². The van der Waals surface area contributed by atoms with E-state index in [9.17, 15) is 19.2 Å². The van der Waals surface area contributed by atoms with Crippen LogP contribution >= 0.6 is 0 Å². The van der Waals surface area contributed by atoms with Gasteiger partial charge in [0, 0.05) is 65.4 Å². The van der Waals surface area contributed by atoms with Crippen molar-refractivity contribution < 1.29 is 28.7 Å². The van der Waals surface area contributed by atoms with Gasteiger partial charge < -0.3 is 20.1 Å². The third-order valence-corrected chi connectivity index (χ3v) is 6.62. The highest BCUT2D eigenvalue weighted by atomic mass is 16.6. The van der Waals surface area contributed by atoms with Gasteiger partial charge in [-0.3, -0.25) is 38.8 Å². The standard InChI is InChI=1S/C32H62N6O6/c1-25(2)19-33-27(39)21-35-11-15-37(23-29(41)43-31(5,6)7)17-13-36(22-28(40)34-20-26(3)4)14-18-38(16-12-35)24-30(42)44-32(8,9)10/h25-26H,11-24H2,1-10H3,(H,33,39)(H,34,40). The fourth-order valence-electron chi connectivity index (χ4n) is 4.48. The largest absolute Gasteiger partial charge is 0.459 e. The summed E-state index contributed by atoms with van der Waals surface area (Å²) < 4.78 is 11.2. The average Bonchev–Trinajstić information content (AvgIpc) is 2.85. The van der Waals surface area contributed by atoms with Crippen LogP contribution in [0.4, 0.5) is 0 Å². The van der Waals surface area contributed by atoms with E-state index in [0.717, 1.165) is 0 Å². The first-order valence-electron chi connectivity index (χ1n) is 16.2. The highest BCUT2D eigenvalue weighted by Gasteiger charge is 2.25. The molecular weight excluding hydrogens is 564 g/mol. The molecule has 0 aromatic heterocycles. The molecule has 0 saturated carbocycles. The maximum Gasteiger partial charge on any atom is 0.320 e. The lowest BCUT2D eigenvalue weighted by Crippen LogP contribution is -2.51. The molecule has 0 aromatic rings. The molecule has 256 valence electrons. The third-order valence-electron chi connectivity index (χ3n) is 6.62. The molecular formula is C32H62N6O6. The van der Waals surface area contributed by atoms with Gasteiger partial charge in [0.1, 0.15) is 11.2 Å². The van der Waals surface area contributed by atoms with Crippen LogP contribution in [-0.4, -0.2) is 146 Å². The van der Waals surface area contributed by atoms with Gasteiger partial charge in [0.15, 0.2) is 0 Å². The molecule has 0 spiro atoms. The molecule has 0 aromatic carbocycles. The van der Waals surface area contributed by atoms with Crippen LogP contribution in [0.5, 0.6) is 0 Å². The Morgan fingerprint density at radius 3 is 1.00 bits per heavy atom. The van der Waals surface area contributed by atoms with Gasteiger partial charge >= 0.3 is 11.9 Å². The van der Waals surface area contributed by atoms with E-state index in [-0.39, 0.29) is 49.9 Å². The molecule has 0 atom stereocenters. The Hall–Kier alpha value is -2.28. The van der Waals surface area contributed by atoms with Gasteiger partial charge in [-0.25, -0.2) is 0 Å². The molecule has 2 N–H and O–H groups in total. The zero-order valence-electron chi connectivity index (χ0n) is 29.3. The van der Waals surface area contributed by atoms with E-state index >= 15 is 0 Å². The van der Waals surface area contributed by atoms with Crippen molar-refractivity contribution >= 4 is 23.8 Å². The van der Waals surface area contributed by atoms with Crippen molar-refractivity contribution in [2.24, 2.45) is 11.8 Å². The normalized spacial score (nSPS) is 17.5. The second kappa shape index (κ2) is 19.3. The lowest BCUT2D eigenvalue weighted by Gasteiger charge is -2.34. The zero-order valence-corrected chi connectivity index (χ0v) is 29.3.